The zero-order valence-corrected chi connectivity index (χ0v) is 16.4. The predicted molar refractivity (Wildman–Crippen MR) is 92.6 cm³/mol. The standard InChI is InChI=1S/C17H23F3N2O4S/c1-12-11-21(15(23)26-16(2,3)4)9-10-22(12)27(24,25)14-7-5-13(6-8-14)17(18,19)20/h5-8,12H,9-11H2,1-4H3. The molecule has 1 aliphatic rings. The molecule has 0 bridgehead atoms. The van der Waals surface area contributed by atoms with Crippen molar-refractivity contribution in [1.29, 1.82) is 0 Å². The molecule has 1 saturated heterocycles. The Kier molecular flexibility index (Phi) is 5.82. The third-order valence-corrected chi connectivity index (χ3v) is 6.03. The molecule has 1 aliphatic heterocycles. The molecule has 152 valence electrons. The van der Waals surface area contributed by atoms with Crippen molar-refractivity contribution in [1.82, 2.24) is 9.21 Å². The summed E-state index contributed by atoms with van der Waals surface area (Å²) < 4.78 is 70.0. The van der Waals surface area contributed by atoms with E-state index in [2.05, 4.69) is 0 Å². The number of hydrogen-bond donors (Lipinski definition) is 0. The fourth-order valence-electron chi connectivity index (χ4n) is 2.74. The van der Waals surface area contributed by atoms with Gasteiger partial charge in [-0.2, -0.15) is 17.5 Å². The Balaban J connectivity index is 2.13. The Hall–Kier alpha value is -1.81. The summed E-state index contributed by atoms with van der Waals surface area (Å²) in [6.45, 7) is 7.15. The lowest BCUT2D eigenvalue weighted by Crippen LogP contribution is -2.55. The molecule has 0 aliphatic carbocycles. The number of hydrogen-bond acceptors (Lipinski definition) is 4. The fraction of sp³-hybridized carbons (Fsp3) is 0.588. The average molecular weight is 408 g/mol. The van der Waals surface area contributed by atoms with Crippen LogP contribution in [0.5, 0.6) is 0 Å². The second kappa shape index (κ2) is 7.31. The molecule has 0 aromatic heterocycles. The van der Waals surface area contributed by atoms with Gasteiger partial charge in [-0.25, -0.2) is 13.2 Å². The molecule has 1 amide bonds. The Labute approximate surface area is 156 Å². The number of sulfonamides is 1. The molecular formula is C17H23F3N2O4S. The van der Waals surface area contributed by atoms with E-state index in [1.165, 1.54) is 9.21 Å². The van der Waals surface area contributed by atoms with E-state index in [-0.39, 0.29) is 24.5 Å². The zero-order chi connectivity index (χ0) is 20.6. The number of piperazine rings is 1. The van der Waals surface area contributed by atoms with Crippen molar-refractivity contribution in [3.63, 3.8) is 0 Å². The SMILES string of the molecule is CC1CN(C(=O)OC(C)(C)C)CCN1S(=O)(=O)c1ccc(C(F)(F)F)cc1. The van der Waals surface area contributed by atoms with Crippen molar-refractivity contribution >= 4 is 16.1 Å². The van der Waals surface area contributed by atoms with Crippen LogP contribution in [0.1, 0.15) is 33.3 Å². The Bertz CT molecular complexity index is 786. The normalized spacial score (nSPS) is 19.8. The molecule has 27 heavy (non-hydrogen) atoms. The van der Waals surface area contributed by atoms with Gasteiger partial charge in [0.2, 0.25) is 10.0 Å². The number of halogens is 3. The highest BCUT2D eigenvalue weighted by Gasteiger charge is 2.37. The first-order valence-electron chi connectivity index (χ1n) is 8.39. The molecule has 1 fully saturated rings. The predicted octanol–water partition coefficient (Wildman–Crippen LogP) is 3.34. The van der Waals surface area contributed by atoms with Gasteiger partial charge in [0.25, 0.3) is 0 Å². The van der Waals surface area contributed by atoms with Crippen LogP contribution in [0.4, 0.5) is 18.0 Å². The number of nitrogens with zero attached hydrogens (tertiary/aromatic N) is 2. The molecule has 6 nitrogen and oxygen atoms in total. The maximum Gasteiger partial charge on any atom is 0.416 e. The lowest BCUT2D eigenvalue weighted by molar-refractivity contribution is -0.137. The number of amides is 1. The van der Waals surface area contributed by atoms with Gasteiger partial charge in [-0.3, -0.25) is 0 Å². The van der Waals surface area contributed by atoms with Crippen LogP contribution in [0.3, 0.4) is 0 Å². The van der Waals surface area contributed by atoms with Gasteiger partial charge in [-0.15, -0.1) is 0 Å². The van der Waals surface area contributed by atoms with Gasteiger partial charge < -0.3 is 9.64 Å². The van der Waals surface area contributed by atoms with Crippen LogP contribution in [0.2, 0.25) is 0 Å². The van der Waals surface area contributed by atoms with E-state index >= 15 is 0 Å². The molecule has 1 heterocycles. The zero-order valence-electron chi connectivity index (χ0n) is 15.6. The molecule has 0 spiro atoms. The van der Waals surface area contributed by atoms with Crippen LogP contribution in [0.25, 0.3) is 0 Å². The second-order valence-corrected chi connectivity index (χ2v) is 9.30. The van der Waals surface area contributed by atoms with Gasteiger partial charge in [0.05, 0.1) is 10.5 Å². The fourth-order valence-corrected chi connectivity index (χ4v) is 4.35. The molecule has 1 aromatic carbocycles. The Morgan fingerprint density at radius 2 is 1.67 bits per heavy atom. The van der Waals surface area contributed by atoms with Crippen LogP contribution >= 0.6 is 0 Å². The van der Waals surface area contributed by atoms with Crippen LogP contribution < -0.4 is 0 Å². The van der Waals surface area contributed by atoms with Crippen molar-refractivity contribution in [2.75, 3.05) is 19.6 Å². The summed E-state index contributed by atoms with van der Waals surface area (Å²) in [4.78, 5) is 13.4. The lowest BCUT2D eigenvalue weighted by Gasteiger charge is -2.39. The maximum atomic E-state index is 12.8. The molecular weight excluding hydrogens is 385 g/mol. The Morgan fingerprint density at radius 1 is 1.11 bits per heavy atom. The van der Waals surface area contributed by atoms with Crippen molar-refractivity contribution in [3.8, 4) is 0 Å². The summed E-state index contributed by atoms with van der Waals surface area (Å²) >= 11 is 0. The minimum atomic E-state index is -4.53. The molecule has 0 radical (unpaired) electrons. The number of benzene rings is 1. The van der Waals surface area contributed by atoms with Crippen LogP contribution in [0.15, 0.2) is 29.2 Å². The number of ether oxygens (including phenoxy) is 1. The summed E-state index contributed by atoms with van der Waals surface area (Å²) in [5, 5.41) is 0. The quantitative estimate of drug-likeness (QED) is 0.753. The van der Waals surface area contributed by atoms with E-state index in [1.54, 1.807) is 27.7 Å². The largest absolute Gasteiger partial charge is 0.444 e. The molecule has 2 rings (SSSR count). The highest BCUT2D eigenvalue weighted by molar-refractivity contribution is 7.89. The molecule has 0 N–H and O–H groups in total. The van der Waals surface area contributed by atoms with Crippen LogP contribution in [-0.4, -0.2) is 55.0 Å². The molecule has 1 aromatic rings. The molecule has 1 unspecified atom stereocenters. The maximum absolute atomic E-state index is 12.8. The first-order chi connectivity index (χ1) is 12.2. The van der Waals surface area contributed by atoms with E-state index in [4.69, 9.17) is 4.74 Å². The van der Waals surface area contributed by atoms with E-state index in [0.717, 1.165) is 24.3 Å². The van der Waals surface area contributed by atoms with E-state index < -0.39 is 39.5 Å². The van der Waals surface area contributed by atoms with Crippen molar-refractivity contribution in [2.45, 2.75) is 50.4 Å². The van der Waals surface area contributed by atoms with Crippen molar-refractivity contribution < 1.29 is 31.1 Å². The molecule has 10 heteroatoms. The van der Waals surface area contributed by atoms with E-state index in [1.807, 2.05) is 0 Å². The Morgan fingerprint density at radius 3 is 2.11 bits per heavy atom. The first kappa shape index (κ1) is 21.5. The van der Waals surface area contributed by atoms with Crippen molar-refractivity contribution in [2.24, 2.45) is 0 Å². The smallest absolute Gasteiger partial charge is 0.416 e. The summed E-state index contributed by atoms with van der Waals surface area (Å²) in [5.74, 6) is 0. The monoisotopic (exact) mass is 408 g/mol. The second-order valence-electron chi connectivity index (χ2n) is 7.41. The highest BCUT2D eigenvalue weighted by Crippen LogP contribution is 2.30. The van der Waals surface area contributed by atoms with Gasteiger partial charge in [-0.05, 0) is 52.0 Å². The summed E-state index contributed by atoms with van der Waals surface area (Å²) in [6, 6.07) is 2.85. The topological polar surface area (TPSA) is 66.9 Å². The van der Waals surface area contributed by atoms with E-state index in [0.29, 0.717) is 0 Å². The number of carbonyl (C=O) groups is 1. The summed E-state index contributed by atoms with van der Waals surface area (Å²) in [7, 11) is -3.97. The molecule has 0 saturated carbocycles. The summed E-state index contributed by atoms with van der Waals surface area (Å²) in [6.07, 6.45) is -5.06. The van der Waals surface area contributed by atoms with Crippen LogP contribution in [-0.2, 0) is 20.9 Å². The van der Waals surface area contributed by atoms with Crippen molar-refractivity contribution in [3.05, 3.63) is 29.8 Å². The van der Waals surface area contributed by atoms with Gasteiger partial charge in [-0.1, -0.05) is 0 Å². The summed E-state index contributed by atoms with van der Waals surface area (Å²) in [5.41, 5.74) is -1.58. The third-order valence-electron chi connectivity index (χ3n) is 4.01. The molecule has 1 atom stereocenters. The minimum Gasteiger partial charge on any atom is -0.444 e. The number of alkyl halides is 3. The number of rotatable bonds is 2. The van der Waals surface area contributed by atoms with Gasteiger partial charge in [0.15, 0.2) is 0 Å². The van der Waals surface area contributed by atoms with Gasteiger partial charge >= 0.3 is 12.3 Å². The van der Waals surface area contributed by atoms with Gasteiger partial charge in [0, 0.05) is 25.7 Å². The third kappa shape index (κ3) is 5.13. The van der Waals surface area contributed by atoms with Gasteiger partial charge in [0.1, 0.15) is 5.60 Å². The van der Waals surface area contributed by atoms with E-state index in [9.17, 15) is 26.4 Å². The first-order valence-corrected chi connectivity index (χ1v) is 9.83. The lowest BCUT2D eigenvalue weighted by atomic mass is 10.2. The minimum absolute atomic E-state index is 0.0315. The average Bonchev–Trinajstić information content (AvgIpc) is 2.52. The van der Waals surface area contributed by atoms with Crippen LogP contribution in [0, 0.1) is 0 Å². The number of carbonyl (C=O) groups excluding carboxylic acids is 1. The highest BCUT2D eigenvalue weighted by atomic mass is 32.2.